The minimum atomic E-state index is -3.09. The number of nitrogens with one attached hydrogen (secondary N) is 1. The summed E-state index contributed by atoms with van der Waals surface area (Å²) in [5, 5.41) is 3.53. The fraction of sp³-hybridized carbons (Fsp3) is 0.600. The van der Waals surface area contributed by atoms with Gasteiger partial charge in [0.25, 0.3) is 0 Å². The molecule has 2 rings (SSSR count). The van der Waals surface area contributed by atoms with Crippen LogP contribution in [0.15, 0.2) is 24.3 Å². The number of benzene rings is 1. The minimum absolute atomic E-state index is 0.107. The van der Waals surface area contributed by atoms with E-state index >= 15 is 0 Å². The van der Waals surface area contributed by atoms with Crippen molar-refractivity contribution in [3.63, 3.8) is 0 Å². The molecule has 1 unspecified atom stereocenters. The van der Waals surface area contributed by atoms with Gasteiger partial charge in [0.05, 0.1) is 6.26 Å². The van der Waals surface area contributed by atoms with E-state index in [2.05, 4.69) is 12.2 Å². The van der Waals surface area contributed by atoms with Crippen molar-refractivity contribution in [2.75, 3.05) is 19.3 Å². The van der Waals surface area contributed by atoms with E-state index in [0.717, 1.165) is 24.8 Å². The first-order valence-corrected chi connectivity index (χ1v) is 9.21. The molecule has 1 fully saturated rings. The highest BCUT2D eigenvalue weighted by Crippen LogP contribution is 2.21. The van der Waals surface area contributed by atoms with Crippen LogP contribution in [0.1, 0.15) is 37.8 Å². The Kier molecular flexibility index (Phi) is 5.35. The zero-order chi connectivity index (χ0) is 15.5. The molecule has 1 aromatic rings. The first-order valence-electron chi connectivity index (χ1n) is 7.36. The topological polar surface area (TPSA) is 49.4 Å². The first kappa shape index (κ1) is 16.4. The zero-order valence-electron chi connectivity index (χ0n) is 12.5. The van der Waals surface area contributed by atoms with Gasteiger partial charge in [0.1, 0.15) is 5.82 Å². The summed E-state index contributed by atoms with van der Waals surface area (Å²) in [5.41, 5.74) is 0.947. The van der Waals surface area contributed by atoms with Crippen molar-refractivity contribution in [2.24, 2.45) is 0 Å². The second kappa shape index (κ2) is 6.85. The van der Waals surface area contributed by atoms with Crippen LogP contribution in [0.3, 0.4) is 0 Å². The van der Waals surface area contributed by atoms with Gasteiger partial charge in [-0.1, -0.05) is 19.1 Å². The number of rotatable bonds is 5. The number of sulfonamides is 1. The summed E-state index contributed by atoms with van der Waals surface area (Å²) in [5.74, 6) is -0.223. The standard InChI is InChI=1S/C15H23FN2O2S/c1-3-15(12-5-4-6-13(16)11-12)17-14-7-9-18(10-8-14)21(2,19)20/h4-6,11,14-15,17H,3,7-10H2,1-2H3. The molecule has 1 aliphatic rings. The maximum atomic E-state index is 13.3. The van der Waals surface area contributed by atoms with Crippen molar-refractivity contribution in [1.82, 2.24) is 9.62 Å². The lowest BCUT2D eigenvalue weighted by atomic mass is 10.00. The first-order chi connectivity index (χ1) is 9.90. The molecule has 0 aromatic heterocycles. The van der Waals surface area contributed by atoms with E-state index < -0.39 is 10.0 Å². The van der Waals surface area contributed by atoms with Gasteiger partial charge in [-0.2, -0.15) is 0 Å². The Morgan fingerprint density at radius 2 is 2.05 bits per heavy atom. The summed E-state index contributed by atoms with van der Waals surface area (Å²) in [6.45, 7) is 3.17. The van der Waals surface area contributed by atoms with Crippen LogP contribution in [0.25, 0.3) is 0 Å². The summed E-state index contributed by atoms with van der Waals surface area (Å²) in [4.78, 5) is 0. The second-order valence-corrected chi connectivity index (χ2v) is 7.60. The molecule has 1 saturated heterocycles. The van der Waals surface area contributed by atoms with E-state index in [0.29, 0.717) is 13.1 Å². The Bertz CT molecular complexity index is 569. The van der Waals surface area contributed by atoms with Crippen molar-refractivity contribution in [2.45, 2.75) is 38.3 Å². The molecule has 1 N–H and O–H groups in total. The highest BCUT2D eigenvalue weighted by molar-refractivity contribution is 7.88. The lowest BCUT2D eigenvalue weighted by Crippen LogP contribution is -2.45. The Hall–Kier alpha value is -0.980. The Balaban J connectivity index is 1.95. The normalized spacial score (nSPS) is 19.6. The molecule has 0 amide bonds. The molecule has 6 heteroatoms. The highest BCUT2D eigenvalue weighted by atomic mass is 32.2. The number of halogens is 1. The molecule has 0 saturated carbocycles. The molecule has 118 valence electrons. The molecule has 1 aromatic carbocycles. The van der Waals surface area contributed by atoms with Gasteiger partial charge >= 0.3 is 0 Å². The van der Waals surface area contributed by atoms with Crippen molar-refractivity contribution >= 4 is 10.0 Å². The lowest BCUT2D eigenvalue weighted by Gasteiger charge is -2.33. The predicted octanol–water partition coefficient (Wildman–Crippen LogP) is 2.29. The van der Waals surface area contributed by atoms with E-state index in [1.165, 1.54) is 16.6 Å². The maximum Gasteiger partial charge on any atom is 0.211 e. The van der Waals surface area contributed by atoms with Gasteiger partial charge in [-0.05, 0) is 37.0 Å². The number of hydrogen-bond donors (Lipinski definition) is 1. The molecule has 4 nitrogen and oxygen atoms in total. The molecule has 0 aliphatic carbocycles. The van der Waals surface area contributed by atoms with Gasteiger partial charge < -0.3 is 5.32 Å². The fourth-order valence-corrected chi connectivity index (χ4v) is 3.69. The molecule has 1 aliphatic heterocycles. The summed E-state index contributed by atoms with van der Waals surface area (Å²) in [6, 6.07) is 7.04. The van der Waals surface area contributed by atoms with Crippen molar-refractivity contribution in [3.8, 4) is 0 Å². The minimum Gasteiger partial charge on any atom is -0.307 e. The lowest BCUT2D eigenvalue weighted by molar-refractivity contribution is 0.272. The molecule has 1 heterocycles. The predicted molar refractivity (Wildman–Crippen MR) is 82.0 cm³/mol. The molecular formula is C15H23FN2O2S. The van der Waals surface area contributed by atoms with Gasteiger partial charge in [-0.3, -0.25) is 0 Å². The van der Waals surface area contributed by atoms with Gasteiger partial charge in [0, 0.05) is 25.2 Å². The van der Waals surface area contributed by atoms with Crippen LogP contribution in [0.2, 0.25) is 0 Å². The van der Waals surface area contributed by atoms with Gasteiger partial charge in [-0.15, -0.1) is 0 Å². The number of piperidine rings is 1. The van der Waals surface area contributed by atoms with Crippen molar-refractivity contribution < 1.29 is 12.8 Å². The average molecular weight is 314 g/mol. The van der Waals surface area contributed by atoms with Crippen molar-refractivity contribution in [3.05, 3.63) is 35.6 Å². The fourth-order valence-electron chi connectivity index (χ4n) is 2.81. The molecule has 0 bridgehead atoms. The quantitative estimate of drug-likeness (QED) is 0.907. The molecule has 1 atom stereocenters. The van der Waals surface area contributed by atoms with Crippen LogP contribution in [0.5, 0.6) is 0 Å². The largest absolute Gasteiger partial charge is 0.307 e. The molecule has 21 heavy (non-hydrogen) atoms. The van der Waals surface area contributed by atoms with Crippen LogP contribution < -0.4 is 5.32 Å². The van der Waals surface area contributed by atoms with E-state index in [4.69, 9.17) is 0 Å². The Morgan fingerprint density at radius 3 is 2.57 bits per heavy atom. The van der Waals surface area contributed by atoms with E-state index in [-0.39, 0.29) is 17.9 Å². The zero-order valence-corrected chi connectivity index (χ0v) is 13.4. The molecule has 0 radical (unpaired) electrons. The Labute approximate surface area is 126 Å². The van der Waals surface area contributed by atoms with Crippen LogP contribution in [-0.4, -0.2) is 38.1 Å². The Morgan fingerprint density at radius 1 is 1.38 bits per heavy atom. The smallest absolute Gasteiger partial charge is 0.211 e. The highest BCUT2D eigenvalue weighted by Gasteiger charge is 2.26. The summed E-state index contributed by atoms with van der Waals surface area (Å²) < 4.78 is 37.8. The van der Waals surface area contributed by atoms with Crippen LogP contribution in [-0.2, 0) is 10.0 Å². The third-order valence-electron chi connectivity index (χ3n) is 4.02. The summed E-state index contributed by atoms with van der Waals surface area (Å²) >= 11 is 0. The van der Waals surface area contributed by atoms with Gasteiger partial charge in [0.15, 0.2) is 0 Å². The number of hydrogen-bond acceptors (Lipinski definition) is 3. The van der Waals surface area contributed by atoms with Gasteiger partial charge in [-0.25, -0.2) is 17.1 Å². The third kappa shape index (κ3) is 4.49. The molecular weight excluding hydrogens is 291 g/mol. The number of nitrogens with zero attached hydrogens (tertiary/aromatic N) is 1. The third-order valence-corrected chi connectivity index (χ3v) is 5.32. The van der Waals surface area contributed by atoms with Gasteiger partial charge in [0.2, 0.25) is 10.0 Å². The average Bonchev–Trinajstić information content (AvgIpc) is 2.44. The second-order valence-electron chi connectivity index (χ2n) is 5.62. The van der Waals surface area contributed by atoms with E-state index in [1.54, 1.807) is 12.1 Å². The van der Waals surface area contributed by atoms with Crippen LogP contribution >= 0.6 is 0 Å². The van der Waals surface area contributed by atoms with E-state index in [1.807, 2.05) is 6.07 Å². The monoisotopic (exact) mass is 314 g/mol. The SMILES string of the molecule is CCC(NC1CCN(S(C)(=O)=O)CC1)c1cccc(F)c1. The van der Waals surface area contributed by atoms with E-state index in [9.17, 15) is 12.8 Å². The van der Waals surface area contributed by atoms with Crippen LogP contribution in [0.4, 0.5) is 4.39 Å². The summed E-state index contributed by atoms with van der Waals surface area (Å²) in [6.07, 6.45) is 3.70. The summed E-state index contributed by atoms with van der Waals surface area (Å²) in [7, 11) is -3.09. The molecule has 0 spiro atoms. The van der Waals surface area contributed by atoms with Crippen LogP contribution in [0, 0.1) is 5.82 Å². The van der Waals surface area contributed by atoms with Crippen molar-refractivity contribution in [1.29, 1.82) is 0 Å². The maximum absolute atomic E-state index is 13.3.